The van der Waals surface area contributed by atoms with E-state index in [1.54, 1.807) is 29.1 Å². The van der Waals surface area contributed by atoms with Gasteiger partial charge in [-0.25, -0.2) is 4.68 Å². The summed E-state index contributed by atoms with van der Waals surface area (Å²) in [7, 11) is 0. The van der Waals surface area contributed by atoms with E-state index in [1.165, 1.54) is 11.1 Å². The molecule has 0 spiro atoms. The monoisotopic (exact) mass is 413 g/mol. The van der Waals surface area contributed by atoms with Crippen LogP contribution in [0.1, 0.15) is 46.1 Å². The van der Waals surface area contributed by atoms with Gasteiger partial charge in [0.1, 0.15) is 17.9 Å². The molecule has 1 fully saturated rings. The minimum Gasteiger partial charge on any atom is -0.463 e. The van der Waals surface area contributed by atoms with Crippen molar-refractivity contribution in [2.75, 3.05) is 26.2 Å². The van der Waals surface area contributed by atoms with Crippen molar-refractivity contribution in [3.63, 3.8) is 0 Å². The number of amides is 1. The smallest absolute Gasteiger partial charge is 0.291 e. The molecule has 4 heterocycles. The first-order chi connectivity index (χ1) is 14.5. The first-order valence-electron chi connectivity index (χ1n) is 10.9. The van der Waals surface area contributed by atoms with Gasteiger partial charge in [0.15, 0.2) is 5.58 Å². The van der Waals surface area contributed by atoms with Crippen molar-refractivity contribution >= 4 is 22.5 Å². The standard InChI is InChI=1S/C22H31N5O3/c1-4-17(21(28)23-7-5-8-25-12-15(2)10-16(3)13-25)27-22(29)19-11-20-18(6-9-30-20)26(19)14-24-27/h6,9,11,14-17H,4-5,7-8,10,12-13H2,1-3H3,(H,23,28)/t15-,16+,17-/m0/s1. The molecule has 8 nitrogen and oxygen atoms in total. The van der Waals surface area contributed by atoms with Crippen LogP contribution in [0, 0.1) is 11.8 Å². The van der Waals surface area contributed by atoms with Gasteiger partial charge in [0, 0.05) is 31.8 Å². The number of carbonyl (C=O) groups is 1. The van der Waals surface area contributed by atoms with Crippen LogP contribution in [0.15, 0.2) is 33.9 Å². The number of hydrogen-bond acceptors (Lipinski definition) is 5. The van der Waals surface area contributed by atoms with Crippen LogP contribution in [0.5, 0.6) is 0 Å². The number of fused-ring (bicyclic) bond motifs is 3. The molecule has 0 aliphatic carbocycles. The SMILES string of the molecule is CC[C@@H](C(=O)NCCCN1C[C@H](C)C[C@H](C)C1)n1ncn2c(cc3occc32)c1=O. The first kappa shape index (κ1) is 20.7. The lowest BCUT2D eigenvalue weighted by molar-refractivity contribution is -0.124. The minimum atomic E-state index is -0.626. The van der Waals surface area contributed by atoms with E-state index in [0.717, 1.165) is 43.4 Å². The molecule has 162 valence electrons. The van der Waals surface area contributed by atoms with Gasteiger partial charge in [-0.05, 0) is 37.6 Å². The van der Waals surface area contributed by atoms with Gasteiger partial charge in [-0.2, -0.15) is 5.10 Å². The van der Waals surface area contributed by atoms with Crippen molar-refractivity contribution in [1.82, 2.24) is 24.4 Å². The fraction of sp³-hybridized carbons (Fsp3) is 0.591. The van der Waals surface area contributed by atoms with E-state index in [-0.39, 0.29) is 11.5 Å². The van der Waals surface area contributed by atoms with Crippen LogP contribution in [-0.4, -0.2) is 51.2 Å². The number of hydrogen-bond donors (Lipinski definition) is 1. The van der Waals surface area contributed by atoms with Crippen LogP contribution >= 0.6 is 0 Å². The number of piperidine rings is 1. The summed E-state index contributed by atoms with van der Waals surface area (Å²) in [5.74, 6) is 1.31. The summed E-state index contributed by atoms with van der Waals surface area (Å²) in [5.41, 5.74) is 1.59. The Morgan fingerprint density at radius 1 is 1.30 bits per heavy atom. The zero-order valence-electron chi connectivity index (χ0n) is 18.0. The van der Waals surface area contributed by atoms with Crippen molar-refractivity contribution in [3.8, 4) is 0 Å². The van der Waals surface area contributed by atoms with Crippen LogP contribution < -0.4 is 10.9 Å². The highest BCUT2D eigenvalue weighted by molar-refractivity contribution is 5.82. The van der Waals surface area contributed by atoms with Gasteiger partial charge >= 0.3 is 0 Å². The van der Waals surface area contributed by atoms with Crippen molar-refractivity contribution < 1.29 is 9.21 Å². The Kier molecular flexibility index (Phi) is 5.94. The molecule has 0 radical (unpaired) electrons. The third-order valence-corrected chi connectivity index (χ3v) is 6.06. The third-order valence-electron chi connectivity index (χ3n) is 6.06. The summed E-state index contributed by atoms with van der Waals surface area (Å²) in [6, 6.07) is 2.86. The predicted octanol–water partition coefficient (Wildman–Crippen LogP) is 2.68. The molecule has 0 bridgehead atoms. The second-order valence-electron chi connectivity index (χ2n) is 8.72. The van der Waals surface area contributed by atoms with Crippen LogP contribution in [0.2, 0.25) is 0 Å². The largest absolute Gasteiger partial charge is 0.463 e. The maximum Gasteiger partial charge on any atom is 0.291 e. The fourth-order valence-corrected chi connectivity index (χ4v) is 4.81. The van der Waals surface area contributed by atoms with Gasteiger partial charge in [0.05, 0.1) is 11.8 Å². The lowest BCUT2D eigenvalue weighted by atomic mass is 9.92. The highest BCUT2D eigenvalue weighted by Gasteiger charge is 2.23. The van der Waals surface area contributed by atoms with E-state index in [9.17, 15) is 9.59 Å². The molecule has 1 amide bonds. The van der Waals surface area contributed by atoms with Gasteiger partial charge in [0.25, 0.3) is 5.56 Å². The van der Waals surface area contributed by atoms with Crippen molar-refractivity contribution in [2.24, 2.45) is 11.8 Å². The number of rotatable bonds is 7. The molecule has 3 aromatic rings. The van der Waals surface area contributed by atoms with Crippen molar-refractivity contribution in [2.45, 2.75) is 46.1 Å². The van der Waals surface area contributed by atoms with E-state index in [1.807, 2.05) is 6.92 Å². The molecule has 3 atom stereocenters. The Balaban J connectivity index is 1.39. The summed E-state index contributed by atoms with van der Waals surface area (Å²) in [6.45, 7) is 10.4. The van der Waals surface area contributed by atoms with E-state index in [0.29, 0.717) is 24.1 Å². The summed E-state index contributed by atoms with van der Waals surface area (Å²) >= 11 is 0. The Bertz CT molecular complexity index is 1070. The average molecular weight is 414 g/mol. The molecule has 4 rings (SSSR count). The van der Waals surface area contributed by atoms with E-state index in [4.69, 9.17) is 4.42 Å². The molecule has 0 saturated carbocycles. The number of furan rings is 1. The molecular formula is C22H31N5O3. The Morgan fingerprint density at radius 3 is 2.80 bits per heavy atom. The molecular weight excluding hydrogens is 382 g/mol. The maximum atomic E-state index is 13.0. The average Bonchev–Trinajstić information content (AvgIpc) is 3.29. The molecule has 30 heavy (non-hydrogen) atoms. The van der Waals surface area contributed by atoms with Gasteiger partial charge in [-0.1, -0.05) is 20.8 Å². The summed E-state index contributed by atoms with van der Waals surface area (Å²) in [6.07, 6.45) is 5.84. The van der Waals surface area contributed by atoms with Gasteiger partial charge in [-0.15, -0.1) is 0 Å². The van der Waals surface area contributed by atoms with Gasteiger partial charge in [-0.3, -0.25) is 14.0 Å². The van der Waals surface area contributed by atoms with Crippen LogP contribution in [0.3, 0.4) is 0 Å². The molecule has 3 aromatic heterocycles. The van der Waals surface area contributed by atoms with E-state index >= 15 is 0 Å². The number of likely N-dealkylation sites (tertiary alicyclic amines) is 1. The topological polar surface area (TPSA) is 84.8 Å². The van der Waals surface area contributed by atoms with Crippen molar-refractivity contribution in [1.29, 1.82) is 0 Å². The van der Waals surface area contributed by atoms with Gasteiger partial charge in [0.2, 0.25) is 5.91 Å². The lowest BCUT2D eigenvalue weighted by Crippen LogP contribution is -2.41. The lowest BCUT2D eigenvalue weighted by Gasteiger charge is -2.35. The Labute approximate surface area is 175 Å². The van der Waals surface area contributed by atoms with Crippen molar-refractivity contribution in [3.05, 3.63) is 35.1 Å². The molecule has 0 unspecified atom stereocenters. The number of nitrogens with one attached hydrogen (secondary N) is 1. The second-order valence-corrected chi connectivity index (χ2v) is 8.72. The van der Waals surface area contributed by atoms with Crippen LogP contribution in [0.25, 0.3) is 16.6 Å². The number of carbonyl (C=O) groups excluding carboxylic acids is 1. The predicted molar refractivity (Wildman–Crippen MR) is 116 cm³/mol. The Morgan fingerprint density at radius 2 is 2.07 bits per heavy atom. The zero-order chi connectivity index (χ0) is 21.3. The van der Waals surface area contributed by atoms with Gasteiger partial charge < -0.3 is 14.6 Å². The highest BCUT2D eigenvalue weighted by atomic mass is 16.3. The first-order valence-corrected chi connectivity index (χ1v) is 10.9. The van der Waals surface area contributed by atoms with Crippen LogP contribution in [-0.2, 0) is 4.79 Å². The number of aromatic nitrogens is 3. The molecule has 1 N–H and O–H groups in total. The normalized spacial score (nSPS) is 21.3. The zero-order valence-corrected chi connectivity index (χ0v) is 18.0. The fourth-order valence-electron chi connectivity index (χ4n) is 4.81. The summed E-state index contributed by atoms with van der Waals surface area (Å²) in [5, 5.41) is 7.28. The highest BCUT2D eigenvalue weighted by Crippen LogP contribution is 2.21. The van der Waals surface area contributed by atoms with Crippen LogP contribution in [0.4, 0.5) is 0 Å². The molecule has 1 saturated heterocycles. The maximum absolute atomic E-state index is 13.0. The quantitative estimate of drug-likeness (QED) is 0.602. The summed E-state index contributed by atoms with van der Waals surface area (Å²) < 4.78 is 8.37. The molecule has 0 aromatic carbocycles. The Hall–Kier alpha value is -2.61. The third kappa shape index (κ3) is 4.01. The molecule has 8 heteroatoms. The van der Waals surface area contributed by atoms with E-state index in [2.05, 4.69) is 29.2 Å². The molecule has 1 aliphatic rings. The summed E-state index contributed by atoms with van der Waals surface area (Å²) in [4.78, 5) is 28.2. The minimum absolute atomic E-state index is 0.160. The number of nitrogens with zero attached hydrogens (tertiary/aromatic N) is 4. The van der Waals surface area contributed by atoms with E-state index < -0.39 is 6.04 Å². The molecule has 1 aliphatic heterocycles. The second kappa shape index (κ2) is 8.63.